The highest BCUT2D eigenvalue weighted by Crippen LogP contribution is 2.67. The Morgan fingerprint density at radius 3 is 1.77 bits per heavy atom. The van der Waals surface area contributed by atoms with Crippen molar-refractivity contribution in [1.29, 1.82) is 0 Å². The molecule has 0 aromatic heterocycles. The summed E-state index contributed by atoms with van der Waals surface area (Å²) in [6.45, 7) is 29.6. The first-order valence-corrected chi connectivity index (χ1v) is 24.9. The predicted molar refractivity (Wildman–Crippen MR) is 254 cm³/mol. The molecule has 64 heavy (non-hydrogen) atoms. The molecular formula is C51H91N5O8. The molecule has 4 rings (SSSR count). The molecule has 4 aliphatic carbocycles. The second-order valence-electron chi connectivity index (χ2n) is 23.7. The molecule has 8 atom stereocenters. The van der Waals surface area contributed by atoms with Crippen LogP contribution in [0.1, 0.15) is 168 Å². The molecule has 4 amide bonds. The molecule has 3 N–H and O–H groups in total. The summed E-state index contributed by atoms with van der Waals surface area (Å²) >= 11 is 0. The lowest BCUT2D eigenvalue weighted by atomic mass is 9.47. The number of fused-ring (bicyclic) bond motifs is 5. The van der Waals surface area contributed by atoms with Crippen molar-refractivity contribution in [2.45, 2.75) is 190 Å². The number of rotatable bonds is 17. The van der Waals surface area contributed by atoms with E-state index >= 15 is 0 Å². The molecule has 3 fully saturated rings. The van der Waals surface area contributed by atoms with Crippen LogP contribution in [0.5, 0.6) is 0 Å². The topological polar surface area (TPSA) is 153 Å². The van der Waals surface area contributed by atoms with E-state index in [9.17, 15) is 19.2 Å². The number of carbonyl (C=O) groups is 4. The third kappa shape index (κ3) is 14.9. The number of nitrogens with two attached hydrogens (primary N) is 1. The van der Waals surface area contributed by atoms with E-state index in [1.54, 1.807) is 62.3 Å². The van der Waals surface area contributed by atoms with Crippen molar-refractivity contribution in [3.63, 3.8) is 0 Å². The van der Waals surface area contributed by atoms with Crippen LogP contribution >= 0.6 is 0 Å². The highest BCUT2D eigenvalue weighted by Gasteiger charge is 2.59. The monoisotopic (exact) mass is 902 g/mol. The lowest BCUT2D eigenvalue weighted by Crippen LogP contribution is -2.51. The fourth-order valence-corrected chi connectivity index (χ4v) is 11.7. The van der Waals surface area contributed by atoms with E-state index in [0.717, 1.165) is 55.3 Å². The fraction of sp³-hybridized carbons (Fsp3) is 0.882. The third-order valence-corrected chi connectivity index (χ3v) is 14.8. The van der Waals surface area contributed by atoms with Crippen molar-refractivity contribution in [3.05, 3.63) is 11.6 Å². The standard InChI is InChI=1S/C51H91N5O8/c1-35(2)16-15-17-36(3)40-20-21-41-39-19-18-37-34-38(22-24-50(37,13)42(39)23-25-51(40,41)14)61-43(57)53-27-29-55(45(59)63-48(7,8)9)31-33-56(46(60)64-49(10,11)12)32-30-54(28-26-52)44(58)62-47(4,5)6/h18,35-36,38-42H,15-17,19-34,52H2,1-14H3,(H,53,57)/t36-,38+,39+,40-,41+,42+,50+,51-/m1/s1. The van der Waals surface area contributed by atoms with Crippen LogP contribution < -0.4 is 11.1 Å². The molecule has 0 spiro atoms. The molecule has 13 heteroatoms. The zero-order valence-electron chi connectivity index (χ0n) is 42.7. The van der Waals surface area contributed by atoms with Gasteiger partial charge in [-0.15, -0.1) is 0 Å². The number of hydrogen-bond acceptors (Lipinski definition) is 9. The quantitative estimate of drug-likeness (QED) is 0.107. The van der Waals surface area contributed by atoms with Gasteiger partial charge in [-0.25, -0.2) is 19.2 Å². The molecule has 0 aromatic rings. The summed E-state index contributed by atoms with van der Waals surface area (Å²) in [6.07, 6.45) is 13.4. The second-order valence-corrected chi connectivity index (χ2v) is 23.7. The highest BCUT2D eigenvalue weighted by atomic mass is 16.6. The number of nitrogens with one attached hydrogen (secondary N) is 1. The SMILES string of the molecule is CC(C)CCC[C@@H](C)[C@H]1CC[C@H]2[C@@H]3CC=C4C[C@@H](OC(=O)NCCN(CCN(CCN(CCN)C(=O)OC(C)(C)C)C(=O)OC(C)(C)C)C(=O)OC(C)(C)C)CC[C@]4(C)[C@H]3CC[C@]12C. The van der Waals surface area contributed by atoms with Gasteiger partial charge in [0.2, 0.25) is 0 Å². The Bertz CT molecular complexity index is 1600. The van der Waals surface area contributed by atoms with E-state index in [1.807, 2.05) is 0 Å². The first kappa shape index (κ1) is 53.4. The van der Waals surface area contributed by atoms with Crippen molar-refractivity contribution in [1.82, 2.24) is 20.0 Å². The van der Waals surface area contributed by atoms with Gasteiger partial charge in [-0.05, 0) is 154 Å². The van der Waals surface area contributed by atoms with Gasteiger partial charge in [0.25, 0.3) is 0 Å². The van der Waals surface area contributed by atoms with Gasteiger partial charge in [-0.1, -0.05) is 65.5 Å². The summed E-state index contributed by atoms with van der Waals surface area (Å²) in [6, 6.07) is 0. The van der Waals surface area contributed by atoms with Gasteiger partial charge in [-0.3, -0.25) is 0 Å². The van der Waals surface area contributed by atoms with Gasteiger partial charge < -0.3 is 44.7 Å². The summed E-state index contributed by atoms with van der Waals surface area (Å²) in [4.78, 5) is 57.7. The summed E-state index contributed by atoms with van der Waals surface area (Å²) in [5, 5.41) is 2.89. The molecule has 0 heterocycles. The predicted octanol–water partition coefficient (Wildman–Crippen LogP) is 10.8. The number of hydrogen-bond donors (Lipinski definition) is 2. The maximum atomic E-state index is 13.5. The normalized spacial score (nSPS) is 27.2. The van der Waals surface area contributed by atoms with Crippen molar-refractivity contribution in [2.24, 2.45) is 52.1 Å². The molecule has 0 unspecified atom stereocenters. The molecule has 368 valence electrons. The van der Waals surface area contributed by atoms with Crippen molar-refractivity contribution < 1.29 is 38.1 Å². The number of amides is 4. The van der Waals surface area contributed by atoms with Crippen LogP contribution in [0.25, 0.3) is 0 Å². The molecule has 3 saturated carbocycles. The second kappa shape index (κ2) is 22.1. The van der Waals surface area contributed by atoms with E-state index in [1.165, 1.54) is 65.2 Å². The number of alkyl carbamates (subject to hydrolysis) is 1. The zero-order valence-corrected chi connectivity index (χ0v) is 42.7. The zero-order chi connectivity index (χ0) is 47.8. The van der Waals surface area contributed by atoms with Crippen LogP contribution in [-0.2, 0) is 18.9 Å². The molecule has 0 aliphatic heterocycles. The van der Waals surface area contributed by atoms with E-state index in [2.05, 4.69) is 46.0 Å². The largest absolute Gasteiger partial charge is 0.446 e. The summed E-state index contributed by atoms with van der Waals surface area (Å²) in [5.74, 6) is 4.65. The van der Waals surface area contributed by atoms with Gasteiger partial charge >= 0.3 is 24.4 Å². The van der Waals surface area contributed by atoms with Crippen LogP contribution in [0.15, 0.2) is 11.6 Å². The van der Waals surface area contributed by atoms with E-state index in [4.69, 9.17) is 24.7 Å². The smallest absolute Gasteiger partial charge is 0.410 e. The fourth-order valence-electron chi connectivity index (χ4n) is 11.7. The molecule has 13 nitrogen and oxygen atoms in total. The number of ether oxygens (including phenoxy) is 4. The van der Waals surface area contributed by atoms with Crippen LogP contribution in [0, 0.1) is 46.3 Å². The molecule has 0 radical (unpaired) electrons. The van der Waals surface area contributed by atoms with Crippen LogP contribution in [-0.4, -0.2) is 114 Å². The van der Waals surface area contributed by atoms with Gasteiger partial charge in [0.1, 0.15) is 22.9 Å². The average molecular weight is 902 g/mol. The van der Waals surface area contributed by atoms with Crippen molar-refractivity contribution in [3.8, 4) is 0 Å². The maximum Gasteiger partial charge on any atom is 0.410 e. The van der Waals surface area contributed by atoms with Crippen molar-refractivity contribution >= 4 is 24.4 Å². The molecule has 4 aliphatic rings. The minimum atomic E-state index is -0.776. The van der Waals surface area contributed by atoms with Crippen molar-refractivity contribution in [2.75, 3.05) is 52.4 Å². The first-order valence-electron chi connectivity index (χ1n) is 24.9. The number of allylic oxidation sites excluding steroid dienone is 1. The molecule has 0 aromatic carbocycles. The van der Waals surface area contributed by atoms with Gasteiger partial charge in [0.05, 0.1) is 0 Å². The van der Waals surface area contributed by atoms with E-state index < -0.39 is 41.2 Å². The Labute approximate surface area is 388 Å². The van der Waals surface area contributed by atoms with Gasteiger partial charge in [-0.2, -0.15) is 0 Å². The number of carbonyl (C=O) groups excluding carboxylic acids is 4. The summed E-state index contributed by atoms with van der Waals surface area (Å²) in [7, 11) is 0. The first-order chi connectivity index (χ1) is 29.7. The lowest BCUT2D eigenvalue weighted by Gasteiger charge is -2.58. The molecular weight excluding hydrogens is 811 g/mol. The Balaban J connectivity index is 1.35. The lowest BCUT2D eigenvalue weighted by molar-refractivity contribution is -0.0581. The maximum absolute atomic E-state index is 13.5. The van der Waals surface area contributed by atoms with E-state index in [0.29, 0.717) is 11.3 Å². The van der Waals surface area contributed by atoms with Gasteiger partial charge in [0, 0.05) is 58.8 Å². The molecule has 0 saturated heterocycles. The van der Waals surface area contributed by atoms with Crippen LogP contribution in [0.4, 0.5) is 19.2 Å². The Morgan fingerprint density at radius 2 is 1.25 bits per heavy atom. The summed E-state index contributed by atoms with van der Waals surface area (Å²) in [5.41, 5.74) is 5.65. The van der Waals surface area contributed by atoms with E-state index in [-0.39, 0.29) is 63.9 Å². The Hall–Kier alpha value is -3.22. The van der Waals surface area contributed by atoms with Crippen LogP contribution in [0.2, 0.25) is 0 Å². The highest BCUT2D eigenvalue weighted by molar-refractivity contribution is 5.71. The van der Waals surface area contributed by atoms with Crippen LogP contribution in [0.3, 0.4) is 0 Å². The van der Waals surface area contributed by atoms with Gasteiger partial charge in [0.15, 0.2) is 0 Å². The Morgan fingerprint density at radius 1 is 0.719 bits per heavy atom. The minimum absolute atomic E-state index is 0.0827. The Kier molecular flexibility index (Phi) is 18.4. The number of nitrogens with zero attached hydrogens (tertiary/aromatic N) is 3. The third-order valence-electron chi connectivity index (χ3n) is 14.8. The minimum Gasteiger partial charge on any atom is -0.446 e. The molecule has 0 bridgehead atoms. The summed E-state index contributed by atoms with van der Waals surface area (Å²) < 4.78 is 23.1. The average Bonchev–Trinajstić information content (AvgIpc) is 3.51.